The van der Waals surface area contributed by atoms with Gasteiger partial charge in [0.2, 0.25) is 0 Å². The Morgan fingerprint density at radius 1 is 0.750 bits per heavy atom. The molecule has 0 saturated carbocycles. The van der Waals surface area contributed by atoms with Crippen molar-refractivity contribution in [2.75, 3.05) is 0 Å². The fourth-order valence-corrected chi connectivity index (χ4v) is 3.34. The number of carboxylic acids is 2. The number of aliphatic carboxylic acids is 2. The van der Waals surface area contributed by atoms with Crippen molar-refractivity contribution in [2.24, 2.45) is 11.8 Å². The van der Waals surface area contributed by atoms with E-state index in [1.165, 1.54) is 51.4 Å². The van der Waals surface area contributed by atoms with Crippen molar-refractivity contribution in [3.8, 4) is 0 Å². The van der Waals surface area contributed by atoms with E-state index in [0.29, 0.717) is 12.3 Å². The smallest absolute Gasteiger partial charge is 0.307 e. The molecule has 0 saturated heterocycles. The molecule has 0 aromatic carbocycles. The summed E-state index contributed by atoms with van der Waals surface area (Å²) in [5, 5.41) is 18.2. The van der Waals surface area contributed by atoms with Crippen LogP contribution in [-0.2, 0) is 9.59 Å². The van der Waals surface area contributed by atoms with E-state index in [2.05, 4.69) is 13.8 Å². The number of unbranched alkanes of at least 4 members (excludes halogenated alkanes) is 8. The van der Waals surface area contributed by atoms with Gasteiger partial charge in [-0.15, -0.1) is 0 Å². The maximum absolute atomic E-state index is 11.3. The van der Waals surface area contributed by atoms with Crippen LogP contribution in [0.3, 0.4) is 0 Å². The van der Waals surface area contributed by atoms with E-state index in [9.17, 15) is 14.7 Å². The summed E-state index contributed by atoms with van der Waals surface area (Å²) < 4.78 is 0. The summed E-state index contributed by atoms with van der Waals surface area (Å²) in [5.41, 5.74) is 0. The molecule has 0 heterocycles. The first-order chi connectivity index (χ1) is 11.5. The molecular formula is C20H38O4. The van der Waals surface area contributed by atoms with Gasteiger partial charge in [-0.25, -0.2) is 0 Å². The van der Waals surface area contributed by atoms with Crippen LogP contribution in [0, 0.1) is 11.8 Å². The summed E-state index contributed by atoms with van der Waals surface area (Å²) >= 11 is 0. The molecule has 0 rings (SSSR count). The van der Waals surface area contributed by atoms with E-state index < -0.39 is 17.9 Å². The lowest BCUT2D eigenvalue weighted by Gasteiger charge is -2.20. The number of hydrogen-bond donors (Lipinski definition) is 2. The average molecular weight is 343 g/mol. The van der Waals surface area contributed by atoms with Gasteiger partial charge in [0.25, 0.3) is 0 Å². The first-order valence-corrected chi connectivity index (χ1v) is 9.95. The van der Waals surface area contributed by atoms with Crippen molar-refractivity contribution in [3.63, 3.8) is 0 Å². The first-order valence-electron chi connectivity index (χ1n) is 9.95. The minimum Gasteiger partial charge on any atom is -0.481 e. The molecule has 0 aromatic heterocycles. The Morgan fingerprint density at radius 2 is 1.21 bits per heavy atom. The second-order valence-corrected chi connectivity index (χ2v) is 7.14. The monoisotopic (exact) mass is 342 g/mol. The predicted molar refractivity (Wildman–Crippen MR) is 98.2 cm³/mol. The van der Waals surface area contributed by atoms with E-state index in [1.807, 2.05) is 0 Å². The molecule has 0 fully saturated rings. The van der Waals surface area contributed by atoms with Crippen LogP contribution >= 0.6 is 0 Å². The van der Waals surface area contributed by atoms with Gasteiger partial charge < -0.3 is 10.2 Å². The highest BCUT2D eigenvalue weighted by Gasteiger charge is 2.24. The van der Waals surface area contributed by atoms with E-state index in [1.54, 1.807) is 0 Å². The Labute approximate surface area is 148 Å². The van der Waals surface area contributed by atoms with Crippen LogP contribution < -0.4 is 0 Å². The molecule has 2 unspecified atom stereocenters. The van der Waals surface area contributed by atoms with E-state index >= 15 is 0 Å². The lowest BCUT2D eigenvalue weighted by molar-refractivity contribution is -0.148. The quantitative estimate of drug-likeness (QED) is 0.323. The average Bonchev–Trinajstić information content (AvgIpc) is 2.53. The van der Waals surface area contributed by atoms with Gasteiger partial charge in [0.15, 0.2) is 0 Å². The van der Waals surface area contributed by atoms with Gasteiger partial charge in [0.05, 0.1) is 12.3 Å². The van der Waals surface area contributed by atoms with Gasteiger partial charge in [-0.1, -0.05) is 90.9 Å². The highest BCUT2D eigenvalue weighted by Crippen LogP contribution is 2.27. The number of rotatable bonds is 17. The van der Waals surface area contributed by atoms with Crippen molar-refractivity contribution >= 4 is 11.9 Å². The fourth-order valence-electron chi connectivity index (χ4n) is 3.34. The minimum absolute atomic E-state index is 0.253. The molecule has 0 bridgehead atoms. The predicted octanol–water partition coefficient (Wildman–Crippen LogP) is 5.89. The standard InChI is InChI=1S/C20H38O4/c1-3-5-7-9-10-12-14-17(13-11-8-6-4-2)15-18(20(23)24)16-19(21)22/h17-18H,3-16H2,1-2H3,(H,21,22)(H,23,24). The summed E-state index contributed by atoms with van der Waals surface area (Å²) in [6.45, 7) is 4.39. The van der Waals surface area contributed by atoms with Crippen LogP contribution in [0.4, 0.5) is 0 Å². The van der Waals surface area contributed by atoms with Crippen LogP contribution in [0.25, 0.3) is 0 Å². The van der Waals surface area contributed by atoms with E-state index in [-0.39, 0.29) is 6.42 Å². The maximum Gasteiger partial charge on any atom is 0.307 e. The van der Waals surface area contributed by atoms with Crippen LogP contribution in [0.1, 0.15) is 104 Å². The fraction of sp³-hybridized carbons (Fsp3) is 0.900. The van der Waals surface area contributed by atoms with Gasteiger partial charge in [-0.2, -0.15) is 0 Å². The van der Waals surface area contributed by atoms with Gasteiger partial charge in [0, 0.05) is 0 Å². The van der Waals surface area contributed by atoms with Crippen LogP contribution in [0.2, 0.25) is 0 Å². The van der Waals surface area contributed by atoms with Crippen molar-refractivity contribution in [1.29, 1.82) is 0 Å². The second kappa shape index (κ2) is 15.5. The third-order valence-electron chi connectivity index (χ3n) is 4.82. The van der Waals surface area contributed by atoms with Gasteiger partial charge >= 0.3 is 11.9 Å². The Balaban J connectivity index is 4.32. The van der Waals surface area contributed by atoms with Crippen molar-refractivity contribution in [1.82, 2.24) is 0 Å². The first kappa shape index (κ1) is 22.9. The summed E-state index contributed by atoms with van der Waals surface area (Å²) in [4.78, 5) is 22.2. The summed E-state index contributed by atoms with van der Waals surface area (Å²) in [7, 11) is 0. The highest BCUT2D eigenvalue weighted by molar-refractivity contribution is 5.77. The molecule has 0 aliphatic carbocycles. The molecule has 2 atom stereocenters. The molecule has 0 aromatic rings. The number of carbonyl (C=O) groups is 2. The molecule has 0 aliphatic heterocycles. The third-order valence-corrected chi connectivity index (χ3v) is 4.82. The minimum atomic E-state index is -1.01. The maximum atomic E-state index is 11.3. The molecule has 4 heteroatoms. The number of carboxylic acid groups (broad SMARTS) is 2. The SMILES string of the molecule is CCCCCCCCC(CCCCCC)CC(CC(=O)O)C(=O)O. The Morgan fingerprint density at radius 3 is 1.67 bits per heavy atom. The van der Waals surface area contributed by atoms with Gasteiger partial charge in [-0.05, 0) is 12.3 Å². The van der Waals surface area contributed by atoms with Crippen LogP contribution in [0.5, 0.6) is 0 Å². The Bertz CT molecular complexity index is 328. The summed E-state index contributed by atoms with van der Waals surface area (Å²) in [5.74, 6) is -2.35. The summed E-state index contributed by atoms with van der Waals surface area (Å²) in [6.07, 6.45) is 14.5. The number of hydrogen-bond acceptors (Lipinski definition) is 2. The largest absolute Gasteiger partial charge is 0.481 e. The third kappa shape index (κ3) is 13.4. The normalized spacial score (nSPS) is 13.6. The van der Waals surface area contributed by atoms with Crippen LogP contribution in [-0.4, -0.2) is 22.2 Å². The molecule has 24 heavy (non-hydrogen) atoms. The Hall–Kier alpha value is -1.06. The van der Waals surface area contributed by atoms with E-state index in [4.69, 9.17) is 5.11 Å². The lowest BCUT2D eigenvalue weighted by Crippen LogP contribution is -2.21. The summed E-state index contributed by atoms with van der Waals surface area (Å²) in [6, 6.07) is 0. The molecule has 0 aliphatic rings. The van der Waals surface area contributed by atoms with Gasteiger partial charge in [0.1, 0.15) is 0 Å². The molecule has 0 radical (unpaired) electrons. The molecule has 0 amide bonds. The molecular weight excluding hydrogens is 304 g/mol. The molecule has 0 spiro atoms. The van der Waals surface area contributed by atoms with Crippen molar-refractivity contribution in [3.05, 3.63) is 0 Å². The second-order valence-electron chi connectivity index (χ2n) is 7.14. The zero-order chi connectivity index (χ0) is 18.2. The van der Waals surface area contributed by atoms with Crippen LogP contribution in [0.15, 0.2) is 0 Å². The highest BCUT2D eigenvalue weighted by atomic mass is 16.4. The van der Waals surface area contributed by atoms with Crippen molar-refractivity contribution < 1.29 is 19.8 Å². The lowest BCUT2D eigenvalue weighted by atomic mass is 9.85. The van der Waals surface area contributed by atoms with Crippen molar-refractivity contribution in [2.45, 2.75) is 104 Å². The zero-order valence-corrected chi connectivity index (χ0v) is 15.8. The molecule has 4 nitrogen and oxygen atoms in total. The molecule has 142 valence electrons. The molecule has 2 N–H and O–H groups in total. The zero-order valence-electron chi connectivity index (χ0n) is 15.8. The van der Waals surface area contributed by atoms with Gasteiger partial charge in [-0.3, -0.25) is 9.59 Å². The Kier molecular flexibility index (Phi) is 14.8. The topological polar surface area (TPSA) is 74.6 Å². The van der Waals surface area contributed by atoms with E-state index in [0.717, 1.165) is 25.7 Å².